The molecule has 0 bridgehead atoms. The van der Waals surface area contributed by atoms with Gasteiger partial charge in [0, 0.05) is 18.0 Å². The lowest BCUT2D eigenvalue weighted by Gasteiger charge is -2.42. The number of carbonyl (C=O) groups excluding carboxylic acids is 5. The minimum atomic E-state index is -2.51. The second-order valence-electron chi connectivity index (χ2n) is 16.9. The summed E-state index contributed by atoms with van der Waals surface area (Å²) in [5.41, 5.74) is 7.18. The van der Waals surface area contributed by atoms with E-state index < -0.39 is 62.0 Å². The van der Waals surface area contributed by atoms with Crippen LogP contribution < -0.4 is 30.8 Å². The van der Waals surface area contributed by atoms with E-state index in [9.17, 15) is 29.1 Å². The third kappa shape index (κ3) is 11.5. The monoisotopic (exact) mass is 825 g/mol. The van der Waals surface area contributed by atoms with Crippen molar-refractivity contribution in [1.29, 1.82) is 0 Å². The van der Waals surface area contributed by atoms with Gasteiger partial charge in [0.2, 0.25) is 5.91 Å². The fourth-order valence-electron chi connectivity index (χ4n) is 7.42. The predicted octanol–water partition coefficient (Wildman–Crippen LogP) is 7.41. The van der Waals surface area contributed by atoms with Gasteiger partial charge in [0.1, 0.15) is 17.4 Å². The maximum Gasteiger partial charge on any atom is 0.412 e. The van der Waals surface area contributed by atoms with Crippen LogP contribution in [-0.4, -0.2) is 85.7 Å². The van der Waals surface area contributed by atoms with Gasteiger partial charge >= 0.3 is 12.2 Å². The van der Waals surface area contributed by atoms with Gasteiger partial charge in [-0.2, -0.15) is 0 Å². The highest BCUT2D eigenvalue weighted by molar-refractivity contribution is 6.78. The number of aliphatic hydroxyl groups is 1. The Labute approximate surface area is 343 Å². The van der Waals surface area contributed by atoms with E-state index in [0.29, 0.717) is 23.6 Å². The molecule has 58 heavy (non-hydrogen) atoms. The number of benzene rings is 2. The van der Waals surface area contributed by atoms with E-state index >= 15 is 0 Å². The van der Waals surface area contributed by atoms with Crippen LogP contribution >= 0.6 is 0 Å². The SMILES string of the molecule is COc1cc(C(=O)N2C=C(c3ccc(NC(=O)C(C)NC(=O)C(OC(N)=O)C(C)C)cc3)C[C@H]2CO)c(NC(=O)OC(C)(C)C)cc1O[Si](C(C)C)(C(C)C)C(C)C. The summed E-state index contributed by atoms with van der Waals surface area (Å²) in [7, 11) is -1.01. The van der Waals surface area contributed by atoms with Crippen molar-refractivity contribution < 1.29 is 47.7 Å². The Morgan fingerprint density at radius 1 is 0.879 bits per heavy atom. The predicted molar refractivity (Wildman–Crippen MR) is 226 cm³/mol. The number of anilines is 2. The standard InChI is InChI=1S/C42H63N5O10Si/c1-23(2)36(55-40(43)52)38(50)44-27(9)37(49)45-30-16-14-28(15-17-30)29-18-31(22-48)47(21-29)39(51)32-19-34(54-13)35(20-33(32)46-41(53)56-42(10,11)12)57-58(24(3)4,25(5)6)26(7)8/h14-17,19-21,23-27,31,36,48H,18,22H2,1-13H3,(H2,43,52)(H,44,50)(H,45,49)(H,46,53)/t27?,31-,36?/m0/s1. The molecule has 0 fully saturated rings. The summed E-state index contributed by atoms with van der Waals surface area (Å²) >= 11 is 0. The Hall–Kier alpha value is -5.09. The van der Waals surface area contributed by atoms with Crippen molar-refractivity contribution in [3.05, 3.63) is 53.7 Å². The van der Waals surface area contributed by atoms with Gasteiger partial charge in [-0.15, -0.1) is 0 Å². The number of primary amides is 1. The maximum atomic E-state index is 14.5. The average molecular weight is 826 g/mol. The van der Waals surface area contributed by atoms with Gasteiger partial charge in [-0.3, -0.25) is 19.7 Å². The van der Waals surface area contributed by atoms with Crippen LogP contribution in [0.4, 0.5) is 21.0 Å². The molecule has 2 aromatic rings. The number of aliphatic hydroxyl groups excluding tert-OH is 1. The first-order chi connectivity index (χ1) is 26.9. The second kappa shape index (κ2) is 19.6. The number of carbonyl (C=O) groups is 5. The van der Waals surface area contributed by atoms with E-state index in [-0.39, 0.29) is 40.4 Å². The second-order valence-corrected chi connectivity index (χ2v) is 22.3. The van der Waals surface area contributed by atoms with Gasteiger partial charge in [-0.25, -0.2) is 9.59 Å². The van der Waals surface area contributed by atoms with Crippen LogP contribution in [0.5, 0.6) is 11.5 Å². The van der Waals surface area contributed by atoms with Crippen molar-refractivity contribution in [2.75, 3.05) is 24.4 Å². The topological polar surface area (TPSA) is 208 Å². The first kappa shape index (κ1) is 47.3. The summed E-state index contributed by atoms with van der Waals surface area (Å²) in [5, 5.41) is 18.5. The summed E-state index contributed by atoms with van der Waals surface area (Å²) < 4.78 is 23.3. The van der Waals surface area contributed by atoms with Gasteiger partial charge in [0.25, 0.3) is 20.1 Å². The molecule has 6 N–H and O–H groups in total. The van der Waals surface area contributed by atoms with Gasteiger partial charge in [0.15, 0.2) is 11.9 Å². The quantitative estimate of drug-likeness (QED) is 0.106. The molecule has 2 unspecified atom stereocenters. The molecule has 1 aliphatic rings. The van der Waals surface area contributed by atoms with Crippen LogP contribution in [0.3, 0.4) is 0 Å². The highest BCUT2D eigenvalue weighted by Crippen LogP contribution is 2.46. The third-order valence-electron chi connectivity index (χ3n) is 10.1. The zero-order valence-electron chi connectivity index (χ0n) is 36.1. The zero-order valence-corrected chi connectivity index (χ0v) is 37.1. The van der Waals surface area contributed by atoms with E-state index in [1.54, 1.807) is 77.2 Å². The van der Waals surface area contributed by atoms with Crippen molar-refractivity contribution >= 4 is 55.2 Å². The number of nitrogens with one attached hydrogen (secondary N) is 3. The van der Waals surface area contributed by atoms with Crippen molar-refractivity contribution in [2.45, 2.75) is 130 Å². The fourth-order valence-corrected chi connectivity index (χ4v) is 12.7. The molecule has 5 amide bonds. The molecule has 1 heterocycles. The average Bonchev–Trinajstić information content (AvgIpc) is 3.56. The molecule has 2 aromatic carbocycles. The number of hydrogen-bond acceptors (Lipinski definition) is 10. The number of rotatable bonds is 16. The van der Waals surface area contributed by atoms with Crippen LogP contribution in [-0.2, 0) is 19.1 Å². The largest absolute Gasteiger partial charge is 0.540 e. The van der Waals surface area contributed by atoms with E-state index in [2.05, 4.69) is 57.5 Å². The van der Waals surface area contributed by atoms with Crippen molar-refractivity contribution in [3.8, 4) is 11.5 Å². The van der Waals surface area contributed by atoms with Gasteiger partial charge in [-0.1, -0.05) is 67.5 Å². The van der Waals surface area contributed by atoms with E-state index in [1.807, 2.05) is 0 Å². The highest BCUT2D eigenvalue weighted by Gasteiger charge is 2.48. The Kier molecular flexibility index (Phi) is 16.0. The normalized spacial score (nSPS) is 15.5. The Morgan fingerprint density at radius 3 is 1.95 bits per heavy atom. The van der Waals surface area contributed by atoms with Gasteiger partial charge < -0.3 is 45.0 Å². The summed E-state index contributed by atoms with van der Waals surface area (Å²) in [6.45, 7) is 22.7. The maximum absolute atomic E-state index is 14.5. The minimum absolute atomic E-state index is 0.108. The Bertz CT molecular complexity index is 1820. The lowest BCUT2D eigenvalue weighted by molar-refractivity contribution is -0.134. The molecule has 0 radical (unpaired) electrons. The van der Waals surface area contributed by atoms with Gasteiger partial charge in [0.05, 0.1) is 31.0 Å². The number of hydrogen-bond donors (Lipinski definition) is 5. The third-order valence-corrected chi connectivity index (χ3v) is 16.1. The zero-order chi connectivity index (χ0) is 43.9. The van der Waals surface area contributed by atoms with E-state index in [0.717, 1.165) is 11.1 Å². The molecule has 0 spiro atoms. The van der Waals surface area contributed by atoms with Crippen LogP contribution in [0.15, 0.2) is 42.6 Å². The van der Waals surface area contributed by atoms with Crippen LogP contribution in [0.1, 0.15) is 105 Å². The molecule has 15 nitrogen and oxygen atoms in total. The lowest BCUT2D eigenvalue weighted by atomic mass is 10.0. The molecular formula is C42H63N5O10Si. The smallest absolute Gasteiger partial charge is 0.412 e. The number of methoxy groups -OCH3 is 1. The van der Waals surface area contributed by atoms with Gasteiger partial charge in [-0.05, 0) is 86.0 Å². The minimum Gasteiger partial charge on any atom is -0.540 e. The summed E-state index contributed by atoms with van der Waals surface area (Å²) in [5.74, 6) is -1.29. The molecule has 0 aromatic heterocycles. The van der Waals surface area contributed by atoms with E-state index in [4.69, 9.17) is 24.4 Å². The van der Waals surface area contributed by atoms with E-state index in [1.165, 1.54) is 18.9 Å². The number of nitrogens with two attached hydrogens (primary N) is 1. The van der Waals surface area contributed by atoms with Crippen LogP contribution in [0, 0.1) is 5.92 Å². The molecule has 0 saturated heterocycles. The first-order valence-electron chi connectivity index (χ1n) is 19.7. The first-order valence-corrected chi connectivity index (χ1v) is 21.8. The summed E-state index contributed by atoms with van der Waals surface area (Å²) in [4.78, 5) is 66.0. The van der Waals surface area contributed by atoms with Crippen LogP contribution in [0.25, 0.3) is 5.57 Å². The molecule has 1 aliphatic heterocycles. The Balaban J connectivity index is 1.95. The fraction of sp³-hybridized carbons (Fsp3) is 0.548. The molecule has 320 valence electrons. The van der Waals surface area contributed by atoms with Crippen LogP contribution in [0.2, 0.25) is 16.6 Å². The summed E-state index contributed by atoms with van der Waals surface area (Å²) in [6, 6.07) is 8.47. The molecule has 3 rings (SSSR count). The van der Waals surface area contributed by atoms with Crippen molar-refractivity contribution in [3.63, 3.8) is 0 Å². The number of nitrogens with zero attached hydrogens (tertiary/aromatic N) is 1. The Morgan fingerprint density at radius 2 is 1.47 bits per heavy atom. The lowest BCUT2D eigenvalue weighted by Crippen LogP contribution is -2.50. The number of amides is 5. The number of ether oxygens (including phenoxy) is 3. The molecule has 3 atom stereocenters. The molecule has 16 heteroatoms. The highest BCUT2D eigenvalue weighted by atomic mass is 28.4. The molecule has 0 saturated carbocycles. The molecular weight excluding hydrogens is 763 g/mol. The van der Waals surface area contributed by atoms with Crippen molar-refractivity contribution in [1.82, 2.24) is 10.2 Å². The molecule has 0 aliphatic carbocycles. The summed E-state index contributed by atoms with van der Waals surface area (Å²) in [6.07, 6.45) is -1.02. The van der Waals surface area contributed by atoms with Crippen molar-refractivity contribution in [2.24, 2.45) is 11.7 Å².